The van der Waals surface area contributed by atoms with Crippen molar-refractivity contribution in [3.63, 3.8) is 0 Å². The summed E-state index contributed by atoms with van der Waals surface area (Å²) >= 11 is 0. The maximum absolute atomic E-state index is 3.72. The van der Waals surface area contributed by atoms with Gasteiger partial charge >= 0.3 is 0 Å². The van der Waals surface area contributed by atoms with E-state index in [0.717, 1.165) is 6.54 Å². The van der Waals surface area contributed by atoms with E-state index in [2.05, 4.69) is 52.9 Å². The van der Waals surface area contributed by atoms with Crippen LogP contribution in [0.2, 0.25) is 0 Å². The lowest BCUT2D eigenvalue weighted by atomic mass is 10.1. The van der Waals surface area contributed by atoms with E-state index >= 15 is 0 Å². The molecule has 90 valence electrons. The van der Waals surface area contributed by atoms with Gasteiger partial charge in [0.25, 0.3) is 0 Å². The van der Waals surface area contributed by atoms with Gasteiger partial charge in [0.15, 0.2) is 0 Å². The van der Waals surface area contributed by atoms with Gasteiger partial charge in [-0.1, -0.05) is 39.3 Å². The largest absolute Gasteiger partial charge is 0.309 e. The van der Waals surface area contributed by atoms with Gasteiger partial charge in [0.1, 0.15) is 0 Å². The molecule has 0 amide bonds. The maximum Gasteiger partial charge on any atom is -0.00193 e. The Kier molecular flexibility index (Phi) is 12.9. The second kappa shape index (κ2) is 11.5. The molecule has 1 heteroatoms. The molecule has 2 unspecified atom stereocenters. The van der Waals surface area contributed by atoms with Gasteiger partial charge < -0.3 is 4.90 Å². The molecule has 0 aliphatic heterocycles. The minimum absolute atomic E-state index is 0.660. The fourth-order valence-electron chi connectivity index (χ4n) is 0.746. The van der Waals surface area contributed by atoms with Crippen LogP contribution in [0.1, 0.15) is 33.6 Å². The summed E-state index contributed by atoms with van der Waals surface area (Å²) in [5.74, 6) is 1.36. The van der Waals surface area contributed by atoms with E-state index in [9.17, 15) is 0 Å². The van der Waals surface area contributed by atoms with E-state index in [1.54, 1.807) is 0 Å². The SMILES string of the molecule is C=CC(C)CC.C=CC(C)CCN(C)C. The molecule has 0 heterocycles. The first-order valence-corrected chi connectivity index (χ1v) is 5.87. The van der Waals surface area contributed by atoms with E-state index in [4.69, 9.17) is 0 Å². The number of hydrogen-bond donors (Lipinski definition) is 0. The average molecular weight is 211 g/mol. The van der Waals surface area contributed by atoms with Gasteiger partial charge in [0, 0.05) is 0 Å². The highest BCUT2D eigenvalue weighted by molar-refractivity contribution is 4.75. The molecule has 0 spiro atoms. The van der Waals surface area contributed by atoms with Crippen LogP contribution in [0.15, 0.2) is 25.3 Å². The molecular formula is C14H29N. The topological polar surface area (TPSA) is 3.24 Å². The Morgan fingerprint density at radius 1 is 1.07 bits per heavy atom. The molecule has 0 radical (unpaired) electrons. The summed E-state index contributed by atoms with van der Waals surface area (Å²) in [5, 5.41) is 0. The predicted octanol–water partition coefficient (Wildman–Crippen LogP) is 3.98. The summed E-state index contributed by atoms with van der Waals surface area (Å²) in [5.41, 5.74) is 0. The molecule has 0 saturated carbocycles. The lowest BCUT2D eigenvalue weighted by Crippen LogP contribution is -2.14. The standard InChI is InChI=1S/C8H17N.C6H12/c1-5-8(2)6-7-9(3)4;1-4-6(3)5-2/h5,8H,1,6-7H2,2-4H3;4,6H,1,5H2,2-3H3. The first-order valence-electron chi connectivity index (χ1n) is 5.87. The summed E-state index contributed by atoms with van der Waals surface area (Å²) in [7, 11) is 4.19. The Balaban J connectivity index is 0. The van der Waals surface area contributed by atoms with Crippen molar-refractivity contribution < 1.29 is 0 Å². The molecule has 0 fully saturated rings. The summed E-state index contributed by atoms with van der Waals surface area (Å²) < 4.78 is 0. The Morgan fingerprint density at radius 2 is 1.53 bits per heavy atom. The molecule has 0 aromatic carbocycles. The smallest absolute Gasteiger partial charge is 0.00193 e. The Labute approximate surface area is 96.9 Å². The van der Waals surface area contributed by atoms with E-state index in [-0.39, 0.29) is 0 Å². The second-order valence-corrected chi connectivity index (χ2v) is 4.43. The van der Waals surface area contributed by atoms with Gasteiger partial charge in [-0.15, -0.1) is 13.2 Å². The minimum atomic E-state index is 0.660. The van der Waals surface area contributed by atoms with E-state index < -0.39 is 0 Å². The molecular weight excluding hydrogens is 182 g/mol. The highest BCUT2D eigenvalue weighted by Crippen LogP contribution is 2.01. The van der Waals surface area contributed by atoms with Gasteiger partial charge in [-0.05, 0) is 38.9 Å². The van der Waals surface area contributed by atoms with Crippen LogP contribution in [0, 0.1) is 11.8 Å². The average Bonchev–Trinajstić information content (AvgIpc) is 2.25. The van der Waals surface area contributed by atoms with Gasteiger partial charge in [-0.2, -0.15) is 0 Å². The van der Waals surface area contributed by atoms with Crippen molar-refractivity contribution in [2.75, 3.05) is 20.6 Å². The first-order chi connectivity index (χ1) is 6.97. The molecule has 0 N–H and O–H groups in total. The summed E-state index contributed by atoms with van der Waals surface area (Å²) in [6.07, 6.45) is 6.41. The molecule has 0 saturated heterocycles. The number of hydrogen-bond acceptors (Lipinski definition) is 1. The van der Waals surface area contributed by atoms with Crippen LogP contribution >= 0.6 is 0 Å². The monoisotopic (exact) mass is 211 g/mol. The Morgan fingerprint density at radius 3 is 1.73 bits per heavy atom. The van der Waals surface area contributed by atoms with Crippen molar-refractivity contribution in [3.8, 4) is 0 Å². The van der Waals surface area contributed by atoms with Gasteiger partial charge in [0.05, 0.1) is 0 Å². The van der Waals surface area contributed by atoms with E-state index in [1.807, 2.05) is 12.2 Å². The minimum Gasteiger partial charge on any atom is -0.309 e. The van der Waals surface area contributed by atoms with Crippen molar-refractivity contribution in [1.29, 1.82) is 0 Å². The molecule has 0 aromatic heterocycles. The lowest BCUT2D eigenvalue weighted by molar-refractivity contribution is 0.380. The van der Waals surface area contributed by atoms with Crippen LogP contribution in [0.3, 0.4) is 0 Å². The van der Waals surface area contributed by atoms with Crippen molar-refractivity contribution >= 4 is 0 Å². The zero-order valence-corrected chi connectivity index (χ0v) is 11.3. The fourth-order valence-corrected chi connectivity index (χ4v) is 0.746. The normalized spacial score (nSPS) is 13.7. The summed E-state index contributed by atoms with van der Waals surface area (Å²) in [6, 6.07) is 0. The third kappa shape index (κ3) is 16.1. The molecule has 2 atom stereocenters. The molecule has 15 heavy (non-hydrogen) atoms. The fraction of sp³-hybridized carbons (Fsp3) is 0.714. The molecule has 0 aliphatic carbocycles. The van der Waals surface area contributed by atoms with E-state index in [1.165, 1.54) is 12.8 Å². The first kappa shape index (κ1) is 16.9. The highest BCUT2D eigenvalue weighted by Gasteiger charge is 1.95. The third-order valence-corrected chi connectivity index (χ3v) is 2.48. The zero-order valence-electron chi connectivity index (χ0n) is 11.3. The van der Waals surface area contributed by atoms with Crippen LogP contribution in [-0.2, 0) is 0 Å². The summed E-state index contributed by atoms with van der Waals surface area (Å²) in [4.78, 5) is 2.19. The number of allylic oxidation sites excluding steroid dienone is 2. The molecule has 0 aliphatic rings. The van der Waals surface area contributed by atoms with Crippen molar-refractivity contribution in [3.05, 3.63) is 25.3 Å². The van der Waals surface area contributed by atoms with Crippen LogP contribution in [0.25, 0.3) is 0 Å². The third-order valence-electron chi connectivity index (χ3n) is 2.48. The number of nitrogens with zero attached hydrogens (tertiary/aromatic N) is 1. The highest BCUT2D eigenvalue weighted by atomic mass is 15.0. The Hall–Kier alpha value is -0.560. The van der Waals surface area contributed by atoms with Crippen molar-refractivity contribution in [1.82, 2.24) is 4.90 Å². The van der Waals surface area contributed by atoms with Crippen LogP contribution in [0.4, 0.5) is 0 Å². The molecule has 0 aromatic rings. The number of rotatable bonds is 6. The van der Waals surface area contributed by atoms with Gasteiger partial charge in [-0.25, -0.2) is 0 Å². The van der Waals surface area contributed by atoms with Crippen LogP contribution in [0.5, 0.6) is 0 Å². The maximum atomic E-state index is 3.72. The summed E-state index contributed by atoms with van der Waals surface area (Å²) in [6.45, 7) is 15.0. The van der Waals surface area contributed by atoms with Crippen LogP contribution < -0.4 is 0 Å². The van der Waals surface area contributed by atoms with E-state index in [0.29, 0.717) is 11.8 Å². The zero-order chi connectivity index (χ0) is 12.3. The molecule has 0 rings (SSSR count). The van der Waals surface area contributed by atoms with Crippen molar-refractivity contribution in [2.24, 2.45) is 11.8 Å². The Bertz CT molecular complexity index is 149. The lowest BCUT2D eigenvalue weighted by Gasteiger charge is -2.10. The van der Waals surface area contributed by atoms with Gasteiger partial charge in [-0.3, -0.25) is 0 Å². The second-order valence-electron chi connectivity index (χ2n) is 4.43. The van der Waals surface area contributed by atoms with Gasteiger partial charge in [0.2, 0.25) is 0 Å². The molecule has 0 bridgehead atoms. The molecule has 1 nitrogen and oxygen atoms in total. The quantitative estimate of drug-likeness (QED) is 0.601. The van der Waals surface area contributed by atoms with Crippen LogP contribution in [-0.4, -0.2) is 25.5 Å². The van der Waals surface area contributed by atoms with Crippen molar-refractivity contribution in [2.45, 2.75) is 33.6 Å². The predicted molar refractivity (Wildman–Crippen MR) is 72.2 cm³/mol.